The molecule has 1 aliphatic heterocycles. The molecular formula is C24H34N4O3. The number of aromatic nitrogens is 3. The molecule has 0 unspecified atom stereocenters. The number of esters is 1. The zero-order chi connectivity index (χ0) is 22.5. The van der Waals surface area contributed by atoms with Crippen LogP contribution in [-0.2, 0) is 14.3 Å². The van der Waals surface area contributed by atoms with E-state index in [-0.39, 0.29) is 11.9 Å². The van der Waals surface area contributed by atoms with E-state index in [1.165, 1.54) is 6.08 Å². The van der Waals surface area contributed by atoms with Crippen molar-refractivity contribution in [1.82, 2.24) is 19.2 Å². The van der Waals surface area contributed by atoms with Crippen molar-refractivity contribution in [3.8, 4) is 5.82 Å². The van der Waals surface area contributed by atoms with Crippen LogP contribution in [0.5, 0.6) is 0 Å². The Balaban J connectivity index is 1.68. The van der Waals surface area contributed by atoms with Crippen LogP contribution < -0.4 is 0 Å². The third-order valence-corrected chi connectivity index (χ3v) is 5.80. The quantitative estimate of drug-likeness (QED) is 0.512. The topological polar surface area (TPSA) is 69.4 Å². The molecule has 3 heterocycles. The van der Waals surface area contributed by atoms with Gasteiger partial charge in [0.2, 0.25) is 0 Å². The molecule has 3 rings (SSSR count). The smallest absolute Gasteiger partial charge is 0.331 e. The van der Waals surface area contributed by atoms with Crippen molar-refractivity contribution < 1.29 is 14.3 Å². The zero-order valence-electron chi connectivity index (χ0n) is 19.3. The van der Waals surface area contributed by atoms with Gasteiger partial charge in [0.1, 0.15) is 5.82 Å². The van der Waals surface area contributed by atoms with Crippen LogP contribution in [0, 0.1) is 13.8 Å². The van der Waals surface area contributed by atoms with Crippen LogP contribution >= 0.6 is 0 Å². The van der Waals surface area contributed by atoms with Crippen molar-refractivity contribution in [3.05, 3.63) is 41.4 Å². The molecular weight excluding hydrogens is 392 g/mol. The third-order valence-electron chi connectivity index (χ3n) is 5.80. The fourth-order valence-electron chi connectivity index (χ4n) is 4.16. The van der Waals surface area contributed by atoms with Gasteiger partial charge in [-0.1, -0.05) is 12.8 Å². The second kappa shape index (κ2) is 9.98. The highest BCUT2D eigenvalue weighted by atomic mass is 16.5. The molecule has 1 aliphatic rings. The lowest BCUT2D eigenvalue weighted by molar-refractivity contribution is -0.155. The lowest BCUT2D eigenvalue weighted by atomic mass is 10.2. The number of amides is 1. The minimum atomic E-state index is -0.775. The summed E-state index contributed by atoms with van der Waals surface area (Å²) in [4.78, 5) is 26.8. The molecule has 2 aromatic heterocycles. The summed E-state index contributed by atoms with van der Waals surface area (Å²) < 4.78 is 9.49. The zero-order valence-corrected chi connectivity index (χ0v) is 19.3. The Kier molecular flexibility index (Phi) is 7.36. The molecule has 31 heavy (non-hydrogen) atoms. The highest BCUT2D eigenvalue weighted by Gasteiger charge is 2.24. The minimum Gasteiger partial charge on any atom is -0.449 e. The number of hydrogen-bond donors (Lipinski definition) is 0. The van der Waals surface area contributed by atoms with E-state index < -0.39 is 12.1 Å². The molecule has 0 saturated carbocycles. The average Bonchev–Trinajstić information content (AvgIpc) is 3.18. The first-order valence-electron chi connectivity index (χ1n) is 11.2. The van der Waals surface area contributed by atoms with Crippen molar-refractivity contribution in [2.24, 2.45) is 0 Å². The molecule has 0 radical (unpaired) electrons. The Morgan fingerprint density at radius 2 is 1.77 bits per heavy atom. The molecule has 7 nitrogen and oxygen atoms in total. The van der Waals surface area contributed by atoms with E-state index >= 15 is 0 Å². The van der Waals surface area contributed by atoms with Crippen molar-refractivity contribution in [2.75, 3.05) is 13.1 Å². The van der Waals surface area contributed by atoms with Gasteiger partial charge in [-0.25, -0.2) is 9.48 Å². The molecule has 0 bridgehead atoms. The highest BCUT2D eigenvalue weighted by molar-refractivity contribution is 5.90. The molecule has 168 valence electrons. The van der Waals surface area contributed by atoms with Gasteiger partial charge in [0.25, 0.3) is 5.91 Å². The molecule has 0 aromatic carbocycles. The summed E-state index contributed by atoms with van der Waals surface area (Å²) in [6, 6.07) is 4.25. The molecule has 0 spiro atoms. The normalized spacial score (nSPS) is 16.0. The lowest BCUT2D eigenvalue weighted by Crippen LogP contribution is -2.40. The van der Waals surface area contributed by atoms with Gasteiger partial charge in [-0.05, 0) is 65.2 Å². The number of rotatable bonds is 6. The summed E-state index contributed by atoms with van der Waals surface area (Å²) in [6.45, 7) is 11.4. The van der Waals surface area contributed by atoms with Gasteiger partial charge in [0.05, 0.1) is 6.20 Å². The predicted molar refractivity (Wildman–Crippen MR) is 121 cm³/mol. The van der Waals surface area contributed by atoms with Crippen LogP contribution in [-0.4, -0.2) is 50.3 Å². The van der Waals surface area contributed by atoms with Gasteiger partial charge in [0.15, 0.2) is 6.10 Å². The first kappa shape index (κ1) is 22.8. The molecule has 2 aromatic rings. The van der Waals surface area contributed by atoms with Crippen LogP contribution in [0.4, 0.5) is 0 Å². The van der Waals surface area contributed by atoms with E-state index in [4.69, 9.17) is 4.74 Å². The monoisotopic (exact) mass is 426 g/mol. The minimum absolute atomic E-state index is 0.108. The van der Waals surface area contributed by atoms with Crippen LogP contribution in [0.15, 0.2) is 24.4 Å². The molecule has 0 aliphatic carbocycles. The number of likely N-dealkylation sites (tertiary alicyclic amines) is 1. The summed E-state index contributed by atoms with van der Waals surface area (Å²) in [7, 11) is 0. The summed E-state index contributed by atoms with van der Waals surface area (Å²) >= 11 is 0. The third kappa shape index (κ3) is 5.27. The van der Waals surface area contributed by atoms with Crippen LogP contribution in [0.1, 0.15) is 69.4 Å². The number of hydrogen-bond acceptors (Lipinski definition) is 4. The predicted octanol–water partition coefficient (Wildman–Crippen LogP) is 4.22. The van der Waals surface area contributed by atoms with E-state index in [2.05, 4.69) is 23.5 Å². The molecule has 1 fully saturated rings. The lowest BCUT2D eigenvalue weighted by Gasteiger charge is -2.23. The van der Waals surface area contributed by atoms with Crippen LogP contribution in [0.2, 0.25) is 0 Å². The number of carbonyl (C=O) groups is 2. The Morgan fingerprint density at radius 1 is 1.10 bits per heavy atom. The first-order chi connectivity index (χ1) is 14.8. The average molecular weight is 427 g/mol. The maximum Gasteiger partial charge on any atom is 0.331 e. The molecule has 0 N–H and O–H groups in total. The maximum absolute atomic E-state index is 12.6. The standard InChI is InChI=1S/C24H34N4O3/c1-17(2)28-22(12-13-25-28)27-18(3)16-21(19(27)4)10-11-23(29)31-20(5)24(30)26-14-8-6-7-9-15-26/h10-13,16-17,20H,6-9,14-15H2,1-5H3/b11-10+/t20-/m0/s1. The largest absolute Gasteiger partial charge is 0.449 e. The molecule has 1 amide bonds. The van der Waals surface area contributed by atoms with Gasteiger partial charge in [-0.3, -0.25) is 4.79 Å². The van der Waals surface area contributed by atoms with Gasteiger partial charge < -0.3 is 14.2 Å². The number of carbonyl (C=O) groups excluding carboxylic acids is 2. The molecule has 1 atom stereocenters. The fourth-order valence-corrected chi connectivity index (χ4v) is 4.16. The van der Waals surface area contributed by atoms with Crippen molar-refractivity contribution >= 4 is 18.0 Å². The van der Waals surface area contributed by atoms with Gasteiger partial charge >= 0.3 is 5.97 Å². The Labute approximate surface area is 184 Å². The van der Waals surface area contributed by atoms with E-state index in [1.54, 1.807) is 19.2 Å². The second-order valence-electron chi connectivity index (χ2n) is 8.54. The number of aryl methyl sites for hydroxylation is 1. The van der Waals surface area contributed by atoms with Crippen molar-refractivity contribution in [3.63, 3.8) is 0 Å². The van der Waals surface area contributed by atoms with Gasteiger partial charge in [0, 0.05) is 42.7 Å². The highest BCUT2D eigenvalue weighted by Crippen LogP contribution is 2.23. The van der Waals surface area contributed by atoms with E-state index in [1.807, 2.05) is 35.6 Å². The fraction of sp³-hybridized carbons (Fsp3) is 0.542. The van der Waals surface area contributed by atoms with Crippen LogP contribution in [0.25, 0.3) is 11.9 Å². The van der Waals surface area contributed by atoms with Crippen LogP contribution in [0.3, 0.4) is 0 Å². The number of nitrogens with zero attached hydrogens (tertiary/aromatic N) is 4. The maximum atomic E-state index is 12.6. The van der Waals surface area contributed by atoms with Gasteiger partial charge in [-0.2, -0.15) is 5.10 Å². The Morgan fingerprint density at radius 3 is 2.42 bits per heavy atom. The van der Waals surface area contributed by atoms with E-state index in [0.29, 0.717) is 0 Å². The first-order valence-corrected chi connectivity index (χ1v) is 11.2. The second-order valence-corrected chi connectivity index (χ2v) is 8.54. The van der Waals surface area contributed by atoms with Crippen molar-refractivity contribution in [1.29, 1.82) is 0 Å². The Bertz CT molecular complexity index is 946. The summed E-state index contributed by atoms with van der Waals surface area (Å²) in [5.74, 6) is 0.375. The molecule has 1 saturated heterocycles. The summed E-state index contributed by atoms with van der Waals surface area (Å²) in [5.41, 5.74) is 2.99. The number of ether oxygens (including phenoxy) is 1. The van der Waals surface area contributed by atoms with E-state index in [9.17, 15) is 9.59 Å². The summed E-state index contributed by atoms with van der Waals surface area (Å²) in [5, 5.41) is 4.42. The Hall–Kier alpha value is -2.83. The van der Waals surface area contributed by atoms with E-state index in [0.717, 1.165) is 61.5 Å². The van der Waals surface area contributed by atoms with Crippen molar-refractivity contribution in [2.45, 2.75) is 72.4 Å². The van der Waals surface area contributed by atoms with Gasteiger partial charge in [-0.15, -0.1) is 0 Å². The molecule has 7 heteroatoms. The SMILES string of the molecule is Cc1cc(/C=C/C(=O)O[C@@H](C)C(=O)N2CCCCCC2)c(C)n1-c1ccnn1C(C)C. The summed E-state index contributed by atoms with van der Waals surface area (Å²) in [6.07, 6.45) is 8.49.